The molecular formula is C12H14N4O3S. The number of nitrogens with one attached hydrogen (secondary N) is 2. The van der Waals surface area contributed by atoms with Crippen LogP contribution in [0.25, 0.3) is 0 Å². The standard InChI is InChI=1S/C12H14N4O3S/c1-6-7(2)12(19)16(15-10(6)17)5-8-3-4-9(20-8)11(18)14-13/h3-4H,5,13H2,1-2H3,(H,14,18)(H,15,17). The molecule has 0 aromatic carbocycles. The van der Waals surface area contributed by atoms with Crippen molar-refractivity contribution in [2.75, 3.05) is 0 Å². The quantitative estimate of drug-likeness (QED) is 0.416. The number of carbonyl (C=O) groups excluding carboxylic acids is 1. The fourth-order valence-corrected chi connectivity index (χ4v) is 2.61. The number of aromatic nitrogens is 2. The van der Waals surface area contributed by atoms with Crippen LogP contribution in [0.5, 0.6) is 0 Å². The van der Waals surface area contributed by atoms with Crippen molar-refractivity contribution in [2.24, 2.45) is 5.84 Å². The first-order valence-corrected chi connectivity index (χ1v) is 6.65. The summed E-state index contributed by atoms with van der Waals surface area (Å²) in [5.41, 5.74) is 2.34. The van der Waals surface area contributed by atoms with E-state index in [-0.39, 0.29) is 23.6 Å². The van der Waals surface area contributed by atoms with Crippen molar-refractivity contribution < 1.29 is 4.79 Å². The summed E-state index contributed by atoms with van der Waals surface area (Å²) < 4.78 is 1.24. The second kappa shape index (κ2) is 5.43. The number of rotatable bonds is 3. The molecule has 0 bridgehead atoms. The van der Waals surface area contributed by atoms with Crippen LogP contribution in [0.4, 0.5) is 0 Å². The summed E-state index contributed by atoms with van der Waals surface area (Å²) in [6, 6.07) is 3.33. The summed E-state index contributed by atoms with van der Waals surface area (Å²) in [4.78, 5) is 36.3. The van der Waals surface area contributed by atoms with Gasteiger partial charge in [-0.15, -0.1) is 11.3 Å². The Kier molecular flexibility index (Phi) is 3.86. The van der Waals surface area contributed by atoms with Crippen LogP contribution in [0, 0.1) is 13.8 Å². The number of nitrogens with zero attached hydrogens (tertiary/aromatic N) is 1. The Balaban J connectivity index is 2.36. The van der Waals surface area contributed by atoms with E-state index in [4.69, 9.17) is 5.84 Å². The van der Waals surface area contributed by atoms with E-state index in [2.05, 4.69) is 5.10 Å². The lowest BCUT2D eigenvalue weighted by Gasteiger charge is -2.06. The summed E-state index contributed by atoms with van der Waals surface area (Å²) in [5, 5.41) is 2.52. The molecule has 4 N–H and O–H groups in total. The Bertz CT molecular complexity index is 772. The second-order valence-corrected chi connectivity index (χ2v) is 5.49. The van der Waals surface area contributed by atoms with E-state index in [0.717, 1.165) is 4.88 Å². The number of hydrazine groups is 1. The van der Waals surface area contributed by atoms with Crippen molar-refractivity contribution in [3.8, 4) is 0 Å². The van der Waals surface area contributed by atoms with Crippen molar-refractivity contribution >= 4 is 17.2 Å². The third-order valence-corrected chi connectivity index (χ3v) is 4.10. The van der Waals surface area contributed by atoms with Gasteiger partial charge in [-0.2, -0.15) is 0 Å². The maximum Gasteiger partial charge on any atom is 0.275 e. The Morgan fingerprint density at radius 1 is 1.35 bits per heavy atom. The molecule has 1 amide bonds. The lowest BCUT2D eigenvalue weighted by molar-refractivity contribution is 0.0957. The number of thiophene rings is 1. The number of aromatic amines is 1. The van der Waals surface area contributed by atoms with E-state index < -0.39 is 0 Å². The molecule has 2 heterocycles. The van der Waals surface area contributed by atoms with Crippen molar-refractivity contribution in [3.05, 3.63) is 53.7 Å². The van der Waals surface area contributed by atoms with E-state index in [9.17, 15) is 14.4 Å². The van der Waals surface area contributed by atoms with Crippen molar-refractivity contribution in [3.63, 3.8) is 0 Å². The third kappa shape index (κ3) is 2.56. The minimum absolute atomic E-state index is 0.206. The molecule has 7 nitrogen and oxygen atoms in total. The molecule has 0 spiro atoms. The SMILES string of the molecule is Cc1c(C)c(=O)n(Cc2ccc(C(=O)NN)s2)[nH]c1=O. The summed E-state index contributed by atoms with van der Waals surface area (Å²) in [6.45, 7) is 3.43. The van der Waals surface area contributed by atoms with Crippen molar-refractivity contribution in [1.29, 1.82) is 0 Å². The molecule has 0 saturated heterocycles. The highest BCUT2D eigenvalue weighted by Gasteiger charge is 2.11. The summed E-state index contributed by atoms with van der Waals surface area (Å²) >= 11 is 1.21. The van der Waals surface area contributed by atoms with Gasteiger partial charge in [0.05, 0.1) is 11.4 Å². The van der Waals surface area contributed by atoms with E-state index in [0.29, 0.717) is 16.0 Å². The van der Waals surface area contributed by atoms with Crippen LogP contribution in [-0.4, -0.2) is 15.7 Å². The molecule has 106 valence electrons. The van der Waals surface area contributed by atoms with Gasteiger partial charge in [-0.05, 0) is 26.0 Å². The molecule has 0 saturated carbocycles. The van der Waals surface area contributed by atoms with Gasteiger partial charge in [0.1, 0.15) is 0 Å². The zero-order valence-electron chi connectivity index (χ0n) is 11.0. The van der Waals surface area contributed by atoms with Gasteiger partial charge < -0.3 is 0 Å². The lowest BCUT2D eigenvalue weighted by atomic mass is 10.2. The number of carbonyl (C=O) groups is 1. The molecule has 0 unspecified atom stereocenters. The zero-order chi connectivity index (χ0) is 14.9. The molecule has 8 heteroatoms. The minimum atomic E-state index is -0.387. The molecule has 0 fully saturated rings. The average Bonchev–Trinajstić information content (AvgIpc) is 2.90. The largest absolute Gasteiger partial charge is 0.289 e. The molecule has 2 rings (SSSR count). The predicted molar refractivity (Wildman–Crippen MR) is 75.9 cm³/mol. The molecule has 2 aromatic heterocycles. The molecule has 20 heavy (non-hydrogen) atoms. The van der Waals surface area contributed by atoms with Crippen LogP contribution in [0.15, 0.2) is 21.7 Å². The Morgan fingerprint density at radius 2 is 2.05 bits per heavy atom. The number of nitrogens with two attached hydrogens (primary N) is 1. The fraction of sp³-hybridized carbons (Fsp3) is 0.250. The molecule has 0 radical (unpaired) electrons. The lowest BCUT2D eigenvalue weighted by Crippen LogP contribution is -2.33. The summed E-state index contributed by atoms with van der Waals surface area (Å²) in [7, 11) is 0. The number of H-pyrrole nitrogens is 1. The molecule has 0 atom stereocenters. The van der Waals surface area contributed by atoms with E-state index in [1.807, 2.05) is 5.43 Å². The number of amides is 1. The third-order valence-electron chi connectivity index (χ3n) is 3.04. The molecule has 0 aliphatic rings. The average molecular weight is 294 g/mol. The molecule has 0 aliphatic carbocycles. The van der Waals surface area contributed by atoms with E-state index >= 15 is 0 Å². The molecule has 0 aliphatic heterocycles. The maximum absolute atomic E-state index is 12.0. The van der Waals surface area contributed by atoms with Gasteiger partial charge in [-0.1, -0.05) is 0 Å². The van der Waals surface area contributed by atoms with Gasteiger partial charge in [0.2, 0.25) is 0 Å². The van der Waals surface area contributed by atoms with Gasteiger partial charge in [-0.3, -0.25) is 24.9 Å². The predicted octanol–water partition coefficient (Wildman–Crippen LogP) is -0.133. The van der Waals surface area contributed by atoms with Gasteiger partial charge >= 0.3 is 0 Å². The van der Waals surface area contributed by atoms with Crippen LogP contribution in [0.1, 0.15) is 25.7 Å². The van der Waals surface area contributed by atoms with Crippen LogP contribution in [-0.2, 0) is 6.54 Å². The normalized spacial score (nSPS) is 10.6. The van der Waals surface area contributed by atoms with Crippen LogP contribution < -0.4 is 22.4 Å². The maximum atomic E-state index is 12.0. The highest BCUT2D eigenvalue weighted by atomic mass is 32.1. The molecule has 2 aromatic rings. The van der Waals surface area contributed by atoms with Gasteiger partial charge in [0.15, 0.2) is 0 Å². The van der Waals surface area contributed by atoms with Crippen LogP contribution in [0.3, 0.4) is 0 Å². The second-order valence-electron chi connectivity index (χ2n) is 4.32. The highest BCUT2D eigenvalue weighted by molar-refractivity contribution is 7.14. The summed E-state index contributed by atoms with van der Waals surface area (Å²) in [5.74, 6) is 4.66. The van der Waals surface area contributed by atoms with Gasteiger partial charge in [-0.25, -0.2) is 10.5 Å². The number of nitrogen functional groups attached to an aromatic ring is 1. The monoisotopic (exact) mass is 294 g/mol. The Labute approximate surface area is 118 Å². The molecular weight excluding hydrogens is 280 g/mol. The van der Waals surface area contributed by atoms with Crippen LogP contribution >= 0.6 is 11.3 Å². The van der Waals surface area contributed by atoms with Crippen molar-refractivity contribution in [2.45, 2.75) is 20.4 Å². The smallest absolute Gasteiger partial charge is 0.275 e. The Morgan fingerprint density at radius 3 is 2.70 bits per heavy atom. The number of hydrogen-bond acceptors (Lipinski definition) is 5. The van der Waals surface area contributed by atoms with Crippen LogP contribution in [0.2, 0.25) is 0 Å². The first kappa shape index (κ1) is 14.2. The van der Waals surface area contributed by atoms with Gasteiger partial charge in [0.25, 0.3) is 17.0 Å². The fourth-order valence-electron chi connectivity index (χ4n) is 1.71. The zero-order valence-corrected chi connectivity index (χ0v) is 11.8. The number of hydrogen-bond donors (Lipinski definition) is 3. The topological polar surface area (TPSA) is 110 Å². The highest BCUT2D eigenvalue weighted by Crippen LogP contribution is 2.16. The van der Waals surface area contributed by atoms with E-state index in [1.54, 1.807) is 26.0 Å². The first-order valence-electron chi connectivity index (χ1n) is 5.84. The van der Waals surface area contributed by atoms with E-state index in [1.165, 1.54) is 16.0 Å². The minimum Gasteiger partial charge on any atom is -0.289 e. The Hall–Kier alpha value is -2.19. The summed E-state index contributed by atoms with van der Waals surface area (Å²) in [6.07, 6.45) is 0. The first-order chi connectivity index (χ1) is 9.43. The van der Waals surface area contributed by atoms with Crippen molar-refractivity contribution in [1.82, 2.24) is 15.2 Å². The van der Waals surface area contributed by atoms with Gasteiger partial charge in [0, 0.05) is 16.0 Å².